The van der Waals surface area contributed by atoms with E-state index in [2.05, 4.69) is 48.5 Å². The highest BCUT2D eigenvalue weighted by Gasteiger charge is 2.08. The fourth-order valence-electron chi connectivity index (χ4n) is 2.48. The fourth-order valence-corrected chi connectivity index (χ4v) is 2.48. The SMILES string of the molecule is C=C/C=C\C.C=C/C=C\C(=C)C/C=C\C=C/C(=C)CNc1ccc(C(=N)N=NN)cc1C(=C)C.CC. The van der Waals surface area contributed by atoms with Crippen molar-refractivity contribution < 1.29 is 0 Å². The minimum atomic E-state index is 0.00310. The van der Waals surface area contributed by atoms with Gasteiger partial charge in [0.2, 0.25) is 0 Å². The Hall–Kier alpha value is -4.25. The quantitative estimate of drug-likeness (QED) is 0.0689. The van der Waals surface area contributed by atoms with E-state index in [1.807, 2.05) is 88.4 Å². The molecule has 1 rings (SSSR count). The lowest BCUT2D eigenvalue weighted by Gasteiger charge is -2.13. The summed E-state index contributed by atoms with van der Waals surface area (Å²) in [5, 5.41) is 17.9. The van der Waals surface area contributed by atoms with Crippen LogP contribution < -0.4 is 11.2 Å². The first-order valence-corrected chi connectivity index (χ1v) is 11.8. The normalized spacial score (nSPS) is 10.7. The van der Waals surface area contributed by atoms with Crippen molar-refractivity contribution in [1.82, 2.24) is 0 Å². The predicted molar refractivity (Wildman–Crippen MR) is 162 cm³/mol. The second-order valence-corrected chi connectivity index (χ2v) is 7.12. The number of amidine groups is 1. The maximum Gasteiger partial charge on any atom is 0.176 e. The van der Waals surface area contributed by atoms with Crippen LogP contribution in [0.25, 0.3) is 5.57 Å². The van der Waals surface area contributed by atoms with E-state index in [-0.39, 0.29) is 5.84 Å². The molecule has 4 N–H and O–H groups in total. The minimum absolute atomic E-state index is 0.00310. The molecule has 0 spiro atoms. The highest BCUT2D eigenvalue weighted by Crippen LogP contribution is 2.24. The number of hydrogen-bond acceptors (Lipinski definition) is 3. The van der Waals surface area contributed by atoms with Crippen LogP contribution in [0, 0.1) is 5.41 Å². The molecular formula is C31H43N5. The van der Waals surface area contributed by atoms with Gasteiger partial charge < -0.3 is 11.2 Å². The van der Waals surface area contributed by atoms with E-state index in [0.717, 1.165) is 34.4 Å². The summed E-state index contributed by atoms with van der Waals surface area (Å²) in [4.78, 5) is 0. The largest absolute Gasteiger partial charge is 0.380 e. The highest BCUT2D eigenvalue weighted by molar-refractivity contribution is 5.98. The molecule has 1 aromatic carbocycles. The summed E-state index contributed by atoms with van der Waals surface area (Å²) < 4.78 is 0. The van der Waals surface area contributed by atoms with E-state index < -0.39 is 0 Å². The van der Waals surface area contributed by atoms with E-state index in [4.69, 9.17) is 11.3 Å². The minimum Gasteiger partial charge on any atom is -0.380 e. The average Bonchev–Trinajstić information content (AvgIpc) is 2.88. The van der Waals surface area contributed by atoms with Crippen molar-refractivity contribution in [3.05, 3.63) is 134 Å². The van der Waals surface area contributed by atoms with Crippen LogP contribution in [0.2, 0.25) is 0 Å². The number of anilines is 1. The third kappa shape index (κ3) is 16.4. The molecule has 0 fully saturated rings. The monoisotopic (exact) mass is 485 g/mol. The van der Waals surface area contributed by atoms with Gasteiger partial charge in [-0.3, -0.25) is 5.41 Å². The molecule has 0 unspecified atom stereocenters. The van der Waals surface area contributed by atoms with Gasteiger partial charge in [0.1, 0.15) is 0 Å². The first kappa shape index (κ1) is 33.9. The Labute approximate surface area is 218 Å². The van der Waals surface area contributed by atoms with Gasteiger partial charge in [-0.15, -0.1) is 5.11 Å². The van der Waals surface area contributed by atoms with Crippen molar-refractivity contribution >= 4 is 17.1 Å². The van der Waals surface area contributed by atoms with Crippen LogP contribution in [0.15, 0.2) is 133 Å². The molecule has 0 heterocycles. The van der Waals surface area contributed by atoms with Crippen molar-refractivity contribution in [2.75, 3.05) is 11.9 Å². The molecule has 0 saturated carbocycles. The molecule has 0 radical (unpaired) electrons. The summed E-state index contributed by atoms with van der Waals surface area (Å²) in [6.45, 7) is 27.6. The van der Waals surface area contributed by atoms with Crippen molar-refractivity contribution in [2.24, 2.45) is 16.2 Å². The molecule has 0 bridgehead atoms. The first-order valence-electron chi connectivity index (χ1n) is 11.8. The molecule has 1 aromatic rings. The number of nitrogens with two attached hydrogens (primary N) is 1. The van der Waals surface area contributed by atoms with Crippen molar-refractivity contribution in [3.8, 4) is 0 Å². The number of allylic oxidation sites excluding steroid dienone is 11. The Morgan fingerprint density at radius 1 is 1.00 bits per heavy atom. The first-order chi connectivity index (χ1) is 17.3. The van der Waals surface area contributed by atoms with E-state index in [0.29, 0.717) is 12.1 Å². The second-order valence-electron chi connectivity index (χ2n) is 7.12. The topological polar surface area (TPSA) is 86.6 Å². The highest BCUT2D eigenvalue weighted by atomic mass is 15.3. The third-order valence-electron chi connectivity index (χ3n) is 4.17. The zero-order valence-electron chi connectivity index (χ0n) is 22.4. The Kier molecular flexibility index (Phi) is 21.2. The van der Waals surface area contributed by atoms with Gasteiger partial charge in [0.15, 0.2) is 5.84 Å². The van der Waals surface area contributed by atoms with Crippen LogP contribution in [0.4, 0.5) is 5.69 Å². The Bertz CT molecular complexity index is 1020. The molecule has 5 heteroatoms. The van der Waals surface area contributed by atoms with Gasteiger partial charge in [0, 0.05) is 23.4 Å². The van der Waals surface area contributed by atoms with Crippen LogP contribution in [0.1, 0.15) is 45.2 Å². The lowest BCUT2D eigenvalue weighted by atomic mass is 10.0. The number of nitrogens with zero attached hydrogens (tertiary/aromatic N) is 2. The smallest absolute Gasteiger partial charge is 0.176 e. The average molecular weight is 486 g/mol. The van der Waals surface area contributed by atoms with E-state index in [9.17, 15) is 0 Å². The van der Waals surface area contributed by atoms with Crippen LogP contribution in [0.5, 0.6) is 0 Å². The Balaban J connectivity index is 0. The van der Waals surface area contributed by atoms with Crippen molar-refractivity contribution in [2.45, 2.75) is 34.1 Å². The predicted octanol–water partition coefficient (Wildman–Crippen LogP) is 8.91. The molecule has 0 amide bonds. The molecule has 0 aromatic heterocycles. The van der Waals surface area contributed by atoms with Crippen LogP contribution in [0.3, 0.4) is 0 Å². The van der Waals surface area contributed by atoms with Gasteiger partial charge in [-0.05, 0) is 49.6 Å². The zero-order valence-corrected chi connectivity index (χ0v) is 22.4. The lowest BCUT2D eigenvalue weighted by Crippen LogP contribution is -2.06. The van der Waals surface area contributed by atoms with E-state index >= 15 is 0 Å². The van der Waals surface area contributed by atoms with E-state index in [1.54, 1.807) is 18.2 Å². The summed E-state index contributed by atoms with van der Waals surface area (Å²) in [5.74, 6) is 5.03. The van der Waals surface area contributed by atoms with Crippen LogP contribution >= 0.6 is 0 Å². The number of benzene rings is 1. The molecule has 0 aliphatic heterocycles. The molecule has 0 aliphatic carbocycles. The molecule has 5 nitrogen and oxygen atoms in total. The molecular weight excluding hydrogens is 442 g/mol. The van der Waals surface area contributed by atoms with Crippen LogP contribution in [-0.2, 0) is 0 Å². The maximum atomic E-state index is 7.84. The molecule has 0 saturated heterocycles. The number of nitrogens with one attached hydrogen (secondary N) is 2. The van der Waals surface area contributed by atoms with E-state index in [1.165, 1.54) is 0 Å². The van der Waals surface area contributed by atoms with Gasteiger partial charge in [0.25, 0.3) is 0 Å². The summed E-state index contributed by atoms with van der Waals surface area (Å²) in [6, 6.07) is 5.52. The van der Waals surface area contributed by atoms with Gasteiger partial charge in [-0.25, -0.2) is 0 Å². The summed E-state index contributed by atoms with van der Waals surface area (Å²) in [6.07, 6.45) is 19.8. The molecule has 0 atom stereocenters. The zero-order chi connectivity index (χ0) is 27.8. The molecule has 192 valence electrons. The summed E-state index contributed by atoms with van der Waals surface area (Å²) in [7, 11) is 0. The Morgan fingerprint density at radius 3 is 2.17 bits per heavy atom. The van der Waals surface area contributed by atoms with Crippen LogP contribution in [-0.4, -0.2) is 12.4 Å². The van der Waals surface area contributed by atoms with Gasteiger partial charge >= 0.3 is 0 Å². The summed E-state index contributed by atoms with van der Waals surface area (Å²) >= 11 is 0. The third-order valence-corrected chi connectivity index (χ3v) is 4.17. The second kappa shape index (κ2) is 22.5. The maximum absolute atomic E-state index is 7.84. The number of hydrogen-bond donors (Lipinski definition) is 3. The lowest BCUT2D eigenvalue weighted by molar-refractivity contribution is 1.07. The number of rotatable bonds is 12. The molecule has 0 aliphatic rings. The van der Waals surface area contributed by atoms with Crippen molar-refractivity contribution in [1.29, 1.82) is 5.41 Å². The van der Waals surface area contributed by atoms with Crippen molar-refractivity contribution in [3.63, 3.8) is 0 Å². The fraction of sp³-hybridized carbons (Fsp3) is 0.194. The van der Waals surface area contributed by atoms with Gasteiger partial charge in [0.05, 0.1) is 0 Å². The standard InChI is InChI=1S/C24H29N5.C5H8.C2H6/c1-6-7-11-19(4)12-9-8-10-13-20(5)17-27-23-15-14-21(24(25)28-29-26)16-22(23)18(2)3;1-3-5-4-2;1-2/h6-11,13-16,27H,1-2,4-5,12,17H2,3H3,(H3,25,26,28);3-5H,1H2,2H3;1-2H3/b9-8-,11-7-,13-10-;5-4-;. The molecule has 36 heavy (non-hydrogen) atoms. The Morgan fingerprint density at radius 2 is 1.64 bits per heavy atom. The summed E-state index contributed by atoms with van der Waals surface area (Å²) in [5.41, 5.74) is 5.27. The van der Waals surface area contributed by atoms with Gasteiger partial charge in [-0.2, -0.15) is 0 Å². The van der Waals surface area contributed by atoms with Gasteiger partial charge in [-0.1, -0.05) is 118 Å².